The van der Waals surface area contributed by atoms with Gasteiger partial charge in [0.1, 0.15) is 12.3 Å². The van der Waals surface area contributed by atoms with E-state index in [4.69, 9.17) is 19.9 Å². The van der Waals surface area contributed by atoms with E-state index in [0.717, 1.165) is 19.4 Å². The Morgan fingerprint density at radius 2 is 2.47 bits per heavy atom. The third-order valence-electron chi connectivity index (χ3n) is 2.88. The summed E-state index contributed by atoms with van der Waals surface area (Å²) in [5.41, 5.74) is 6.35. The molecule has 2 heterocycles. The first-order chi connectivity index (χ1) is 9.22. The van der Waals surface area contributed by atoms with Gasteiger partial charge in [-0.25, -0.2) is 9.78 Å². The van der Waals surface area contributed by atoms with Crippen LogP contribution in [-0.4, -0.2) is 36.9 Å². The molecule has 0 spiro atoms. The third-order valence-corrected chi connectivity index (χ3v) is 2.88. The van der Waals surface area contributed by atoms with Gasteiger partial charge < -0.3 is 19.9 Å². The maximum Gasteiger partial charge on any atom is 0.340 e. The lowest BCUT2D eigenvalue weighted by Crippen LogP contribution is -2.18. The lowest BCUT2D eigenvalue weighted by atomic mass is 10.2. The first kappa shape index (κ1) is 13.6. The number of aromatic nitrogens is 1. The predicted molar refractivity (Wildman–Crippen MR) is 69.1 cm³/mol. The van der Waals surface area contributed by atoms with Gasteiger partial charge in [0.15, 0.2) is 0 Å². The Balaban J connectivity index is 2.03. The molecule has 19 heavy (non-hydrogen) atoms. The Kier molecular flexibility index (Phi) is 4.57. The largest absolute Gasteiger partial charge is 0.473 e. The summed E-state index contributed by atoms with van der Waals surface area (Å²) in [4.78, 5) is 15.7. The fraction of sp³-hybridized carbons (Fsp3) is 0.538. The van der Waals surface area contributed by atoms with Gasteiger partial charge in [-0.15, -0.1) is 0 Å². The van der Waals surface area contributed by atoms with Crippen LogP contribution in [0.1, 0.15) is 30.1 Å². The van der Waals surface area contributed by atoms with E-state index in [0.29, 0.717) is 13.2 Å². The van der Waals surface area contributed by atoms with Crippen LogP contribution in [0, 0.1) is 0 Å². The number of carbonyl (C=O) groups is 1. The Bertz CT molecular complexity index is 444. The number of pyridine rings is 1. The van der Waals surface area contributed by atoms with E-state index in [9.17, 15) is 4.79 Å². The molecule has 1 atom stereocenters. The van der Waals surface area contributed by atoms with Gasteiger partial charge in [-0.05, 0) is 25.8 Å². The molecule has 1 unspecified atom stereocenters. The van der Waals surface area contributed by atoms with Gasteiger partial charge in [-0.1, -0.05) is 0 Å². The van der Waals surface area contributed by atoms with Crippen molar-refractivity contribution >= 4 is 11.7 Å². The Morgan fingerprint density at radius 3 is 3.16 bits per heavy atom. The van der Waals surface area contributed by atoms with Crippen molar-refractivity contribution in [1.82, 2.24) is 4.98 Å². The summed E-state index contributed by atoms with van der Waals surface area (Å²) < 4.78 is 15.9. The maximum atomic E-state index is 11.7. The van der Waals surface area contributed by atoms with Gasteiger partial charge >= 0.3 is 5.97 Å². The SMILES string of the molecule is CCOC(=O)c1ccnc(OCC2CCCO2)c1N. The third kappa shape index (κ3) is 3.35. The highest BCUT2D eigenvalue weighted by molar-refractivity contribution is 5.96. The van der Waals surface area contributed by atoms with E-state index >= 15 is 0 Å². The van der Waals surface area contributed by atoms with E-state index < -0.39 is 5.97 Å². The van der Waals surface area contributed by atoms with Crippen molar-refractivity contribution in [2.45, 2.75) is 25.9 Å². The molecular formula is C13H18N2O4. The van der Waals surface area contributed by atoms with Crippen molar-refractivity contribution in [1.29, 1.82) is 0 Å². The molecule has 0 saturated carbocycles. The number of esters is 1. The number of ether oxygens (including phenoxy) is 3. The average Bonchev–Trinajstić information content (AvgIpc) is 2.91. The molecule has 1 aromatic rings. The number of carbonyl (C=O) groups excluding carboxylic acids is 1. The molecule has 1 aromatic heterocycles. The molecule has 0 radical (unpaired) electrons. The van der Waals surface area contributed by atoms with Crippen molar-refractivity contribution < 1.29 is 19.0 Å². The van der Waals surface area contributed by atoms with Gasteiger partial charge in [-0.2, -0.15) is 0 Å². The summed E-state index contributed by atoms with van der Waals surface area (Å²) in [6, 6.07) is 1.52. The minimum atomic E-state index is -0.468. The van der Waals surface area contributed by atoms with Crippen molar-refractivity contribution in [3.63, 3.8) is 0 Å². The highest BCUT2D eigenvalue weighted by Crippen LogP contribution is 2.24. The van der Waals surface area contributed by atoms with Crippen LogP contribution in [0.3, 0.4) is 0 Å². The van der Waals surface area contributed by atoms with E-state index in [1.165, 1.54) is 12.3 Å². The molecule has 2 rings (SSSR count). The topological polar surface area (TPSA) is 83.7 Å². The minimum Gasteiger partial charge on any atom is -0.473 e. The molecule has 0 amide bonds. The molecule has 2 N–H and O–H groups in total. The van der Waals surface area contributed by atoms with E-state index in [1.54, 1.807) is 6.92 Å². The van der Waals surface area contributed by atoms with Gasteiger partial charge in [0.2, 0.25) is 5.88 Å². The molecule has 1 fully saturated rings. The van der Waals surface area contributed by atoms with Crippen LogP contribution >= 0.6 is 0 Å². The van der Waals surface area contributed by atoms with Crippen LogP contribution in [0.15, 0.2) is 12.3 Å². The average molecular weight is 266 g/mol. The van der Waals surface area contributed by atoms with Crippen LogP contribution in [0.25, 0.3) is 0 Å². The monoisotopic (exact) mass is 266 g/mol. The van der Waals surface area contributed by atoms with Crippen LogP contribution in [-0.2, 0) is 9.47 Å². The van der Waals surface area contributed by atoms with E-state index in [-0.39, 0.29) is 23.2 Å². The molecule has 1 aliphatic rings. The molecule has 0 aliphatic carbocycles. The van der Waals surface area contributed by atoms with Crippen molar-refractivity contribution in [2.75, 3.05) is 25.6 Å². The zero-order chi connectivity index (χ0) is 13.7. The fourth-order valence-corrected chi connectivity index (χ4v) is 1.90. The van der Waals surface area contributed by atoms with Crippen LogP contribution < -0.4 is 10.5 Å². The van der Waals surface area contributed by atoms with Gasteiger partial charge in [-0.3, -0.25) is 0 Å². The smallest absolute Gasteiger partial charge is 0.340 e. The minimum absolute atomic E-state index is 0.0763. The Morgan fingerprint density at radius 1 is 1.63 bits per heavy atom. The molecular weight excluding hydrogens is 248 g/mol. The number of hydrogen-bond donors (Lipinski definition) is 1. The maximum absolute atomic E-state index is 11.7. The van der Waals surface area contributed by atoms with Crippen molar-refractivity contribution in [3.8, 4) is 5.88 Å². The van der Waals surface area contributed by atoms with Gasteiger partial charge in [0.25, 0.3) is 0 Å². The number of nitrogens with two attached hydrogens (primary N) is 1. The second-order valence-corrected chi connectivity index (χ2v) is 4.24. The standard InChI is InChI=1S/C13H18N2O4/c1-2-17-13(16)10-5-6-15-12(11(10)14)19-8-9-4-3-7-18-9/h5-6,9H,2-4,7-8,14H2,1H3. The number of anilines is 1. The quantitative estimate of drug-likeness (QED) is 0.811. The molecule has 1 aliphatic heterocycles. The van der Waals surface area contributed by atoms with Crippen molar-refractivity contribution in [2.24, 2.45) is 0 Å². The van der Waals surface area contributed by atoms with Gasteiger partial charge in [0, 0.05) is 12.8 Å². The summed E-state index contributed by atoms with van der Waals surface area (Å²) in [5.74, 6) is -0.217. The normalized spacial score (nSPS) is 18.3. The molecule has 104 valence electrons. The highest BCUT2D eigenvalue weighted by Gasteiger charge is 2.19. The summed E-state index contributed by atoms with van der Waals surface area (Å²) in [6.45, 7) is 3.19. The Hall–Kier alpha value is -1.82. The highest BCUT2D eigenvalue weighted by atomic mass is 16.5. The van der Waals surface area contributed by atoms with E-state index in [1.807, 2.05) is 0 Å². The van der Waals surface area contributed by atoms with Crippen LogP contribution in [0.4, 0.5) is 5.69 Å². The first-order valence-electron chi connectivity index (χ1n) is 6.38. The first-order valence-corrected chi connectivity index (χ1v) is 6.38. The zero-order valence-electron chi connectivity index (χ0n) is 10.9. The molecule has 1 saturated heterocycles. The number of nitrogens with zero attached hydrogens (tertiary/aromatic N) is 1. The second-order valence-electron chi connectivity index (χ2n) is 4.24. The lowest BCUT2D eigenvalue weighted by Gasteiger charge is -2.13. The van der Waals surface area contributed by atoms with Crippen LogP contribution in [0.2, 0.25) is 0 Å². The summed E-state index contributed by atoms with van der Waals surface area (Å²) in [6.07, 6.45) is 3.57. The Labute approximate surface area is 111 Å². The molecule has 6 heteroatoms. The van der Waals surface area contributed by atoms with Crippen LogP contribution in [0.5, 0.6) is 5.88 Å². The fourth-order valence-electron chi connectivity index (χ4n) is 1.90. The summed E-state index contributed by atoms with van der Waals surface area (Å²) >= 11 is 0. The van der Waals surface area contributed by atoms with Crippen molar-refractivity contribution in [3.05, 3.63) is 17.8 Å². The van der Waals surface area contributed by atoms with Gasteiger partial charge in [0.05, 0.1) is 18.3 Å². The summed E-state index contributed by atoms with van der Waals surface area (Å²) in [5, 5.41) is 0. The molecule has 6 nitrogen and oxygen atoms in total. The summed E-state index contributed by atoms with van der Waals surface area (Å²) in [7, 11) is 0. The zero-order valence-corrected chi connectivity index (χ0v) is 10.9. The predicted octanol–water partition coefficient (Wildman–Crippen LogP) is 1.40. The molecule has 0 bridgehead atoms. The molecule has 0 aromatic carbocycles. The lowest BCUT2D eigenvalue weighted by molar-refractivity contribution is 0.0526. The number of rotatable bonds is 5. The second kappa shape index (κ2) is 6.38. The van der Waals surface area contributed by atoms with E-state index in [2.05, 4.69) is 4.98 Å². The number of nitrogen functional groups attached to an aromatic ring is 1. The number of hydrogen-bond acceptors (Lipinski definition) is 6.